The van der Waals surface area contributed by atoms with Crippen molar-refractivity contribution in [3.63, 3.8) is 0 Å². The van der Waals surface area contributed by atoms with Crippen molar-refractivity contribution in [1.82, 2.24) is 20.1 Å². The minimum atomic E-state index is -4.28. The second kappa shape index (κ2) is 9.08. The first kappa shape index (κ1) is 23.1. The van der Waals surface area contributed by atoms with Crippen molar-refractivity contribution in [2.45, 2.75) is 49.9 Å². The molecule has 0 saturated heterocycles. The van der Waals surface area contributed by atoms with Crippen LogP contribution >= 0.6 is 11.6 Å². The van der Waals surface area contributed by atoms with E-state index >= 15 is 0 Å². The van der Waals surface area contributed by atoms with Crippen LogP contribution in [0.25, 0.3) is 10.9 Å². The maximum atomic E-state index is 12.7. The Labute approximate surface area is 192 Å². The van der Waals surface area contributed by atoms with Crippen LogP contribution in [0, 0.1) is 11.3 Å². The van der Waals surface area contributed by atoms with E-state index in [4.69, 9.17) is 16.7 Å². The highest BCUT2D eigenvalue weighted by Crippen LogP contribution is 2.40. The average molecular weight is 479 g/mol. The summed E-state index contributed by atoms with van der Waals surface area (Å²) in [5, 5.41) is 20.9. The number of alkyl halides is 3. The minimum Gasteiger partial charge on any atom is -0.338 e. The fraction of sp³-hybridized carbons (Fsp3) is 0.409. The van der Waals surface area contributed by atoms with Gasteiger partial charge in [-0.05, 0) is 56.0 Å². The summed E-state index contributed by atoms with van der Waals surface area (Å²) in [6.45, 7) is -1.04. The second-order valence-electron chi connectivity index (χ2n) is 8.29. The summed E-state index contributed by atoms with van der Waals surface area (Å²) in [5.41, 5.74) is 0.190. The largest absolute Gasteiger partial charge is 0.401 e. The molecule has 7 nitrogen and oxygen atoms in total. The van der Waals surface area contributed by atoms with Gasteiger partial charge in [0.05, 0.1) is 30.1 Å². The monoisotopic (exact) mass is 478 g/mol. The summed E-state index contributed by atoms with van der Waals surface area (Å²) in [6.07, 6.45) is -0.790. The van der Waals surface area contributed by atoms with E-state index in [9.17, 15) is 23.2 Å². The first-order valence-corrected chi connectivity index (χ1v) is 10.9. The highest BCUT2D eigenvalue weighted by atomic mass is 35.5. The van der Waals surface area contributed by atoms with Crippen molar-refractivity contribution < 1.29 is 13.2 Å². The Morgan fingerprint density at radius 1 is 1.24 bits per heavy atom. The number of aromatic amines is 1. The maximum Gasteiger partial charge on any atom is 0.401 e. The molecule has 0 spiro atoms. The molecule has 1 saturated carbocycles. The van der Waals surface area contributed by atoms with Crippen LogP contribution in [0.4, 0.5) is 24.7 Å². The number of anilines is 2. The molecule has 1 aliphatic rings. The Balaban J connectivity index is 1.68. The van der Waals surface area contributed by atoms with Crippen molar-refractivity contribution in [3.05, 3.63) is 51.9 Å². The third kappa shape index (κ3) is 4.99. The number of halogens is 4. The molecule has 3 N–H and O–H groups in total. The van der Waals surface area contributed by atoms with Crippen LogP contribution in [0.5, 0.6) is 0 Å². The molecule has 0 amide bonds. The molecule has 3 aromatic rings. The number of hydrogen-bond donors (Lipinski definition) is 3. The fourth-order valence-electron chi connectivity index (χ4n) is 4.43. The van der Waals surface area contributed by atoms with Gasteiger partial charge in [0.2, 0.25) is 0 Å². The maximum absolute atomic E-state index is 12.7. The molecule has 174 valence electrons. The number of aromatic nitrogens is 3. The van der Waals surface area contributed by atoms with Crippen LogP contribution < -0.4 is 16.2 Å². The van der Waals surface area contributed by atoms with E-state index in [-0.39, 0.29) is 18.0 Å². The van der Waals surface area contributed by atoms with Gasteiger partial charge in [-0.15, -0.1) is 0 Å². The van der Waals surface area contributed by atoms with E-state index in [0.717, 1.165) is 0 Å². The topological polar surface area (TPSA) is 98.5 Å². The van der Waals surface area contributed by atoms with Gasteiger partial charge in [-0.2, -0.15) is 23.5 Å². The highest BCUT2D eigenvalue weighted by molar-refractivity contribution is 6.30. The van der Waals surface area contributed by atoms with Gasteiger partial charge in [0.1, 0.15) is 5.39 Å². The van der Waals surface area contributed by atoms with Crippen molar-refractivity contribution in [1.29, 1.82) is 5.26 Å². The predicted molar refractivity (Wildman–Crippen MR) is 120 cm³/mol. The third-order valence-electron chi connectivity index (χ3n) is 6.08. The van der Waals surface area contributed by atoms with Gasteiger partial charge < -0.3 is 15.6 Å². The molecule has 2 aromatic heterocycles. The van der Waals surface area contributed by atoms with Crippen molar-refractivity contribution in [2.75, 3.05) is 11.9 Å². The van der Waals surface area contributed by atoms with Crippen LogP contribution in [-0.4, -0.2) is 33.5 Å². The summed E-state index contributed by atoms with van der Waals surface area (Å²) in [5.74, 6) is 0.337. The van der Waals surface area contributed by atoms with Crippen molar-refractivity contribution >= 4 is 34.0 Å². The van der Waals surface area contributed by atoms with E-state index in [2.05, 4.69) is 21.7 Å². The van der Waals surface area contributed by atoms with Crippen LogP contribution in [0.3, 0.4) is 0 Å². The summed E-state index contributed by atoms with van der Waals surface area (Å²) in [7, 11) is 0. The highest BCUT2D eigenvalue weighted by Gasteiger charge is 2.40. The van der Waals surface area contributed by atoms with E-state index in [1.165, 1.54) is 6.20 Å². The molecule has 1 fully saturated rings. The molecule has 1 aliphatic carbocycles. The Morgan fingerprint density at radius 2 is 1.94 bits per heavy atom. The van der Waals surface area contributed by atoms with Gasteiger partial charge in [0.25, 0.3) is 5.56 Å². The lowest BCUT2D eigenvalue weighted by molar-refractivity contribution is -0.126. The van der Waals surface area contributed by atoms with Gasteiger partial charge in [0.15, 0.2) is 5.82 Å². The first-order valence-electron chi connectivity index (χ1n) is 10.5. The van der Waals surface area contributed by atoms with Crippen molar-refractivity contribution in [2.24, 2.45) is 0 Å². The Bertz CT molecular complexity index is 1220. The van der Waals surface area contributed by atoms with E-state index in [1.807, 2.05) is 0 Å². The molecule has 0 unspecified atom stereocenters. The molecule has 0 radical (unpaired) electrons. The van der Waals surface area contributed by atoms with Crippen molar-refractivity contribution in [3.8, 4) is 6.07 Å². The first-order chi connectivity index (χ1) is 15.7. The van der Waals surface area contributed by atoms with E-state index in [1.54, 1.807) is 35.0 Å². The number of rotatable bonds is 6. The van der Waals surface area contributed by atoms with E-state index in [0.29, 0.717) is 53.1 Å². The summed E-state index contributed by atoms with van der Waals surface area (Å²) in [4.78, 5) is 15.3. The number of benzene rings is 1. The lowest BCUT2D eigenvalue weighted by Gasteiger charge is -2.39. The van der Waals surface area contributed by atoms with Crippen LogP contribution in [-0.2, 0) is 5.54 Å². The molecule has 4 rings (SSSR count). The van der Waals surface area contributed by atoms with Gasteiger partial charge in [-0.25, -0.2) is 0 Å². The lowest BCUT2D eigenvalue weighted by atomic mass is 9.77. The predicted octanol–water partition coefficient (Wildman–Crippen LogP) is 4.83. The number of nitrogens with one attached hydrogen (secondary N) is 3. The lowest BCUT2D eigenvalue weighted by Crippen LogP contribution is -2.45. The Morgan fingerprint density at radius 3 is 2.58 bits per heavy atom. The zero-order valence-corrected chi connectivity index (χ0v) is 18.3. The molecule has 0 atom stereocenters. The summed E-state index contributed by atoms with van der Waals surface area (Å²) < 4.78 is 39.5. The molecular formula is C22H22ClF3N6O. The third-order valence-corrected chi connectivity index (χ3v) is 6.33. The Kier molecular flexibility index (Phi) is 6.36. The smallest absolute Gasteiger partial charge is 0.338 e. The van der Waals surface area contributed by atoms with Gasteiger partial charge >= 0.3 is 6.18 Å². The number of pyridine rings is 1. The Hall–Kier alpha value is -3.03. The van der Waals surface area contributed by atoms with Gasteiger partial charge in [-0.3, -0.25) is 9.48 Å². The standard InChI is InChI=1S/C22H22ClF3N6O/c23-14-1-3-16(4-2-14)30-19-18-17(7-12-28-20(18)33)32(31-19)21(10-11-27)8-5-15(6-9-21)29-13-22(24,25)26/h1-4,7,12,15,29H,5-6,8-10,13H2,(H,28,33)(H,30,31). The van der Waals surface area contributed by atoms with Crippen LogP contribution in [0.2, 0.25) is 5.02 Å². The average Bonchev–Trinajstić information content (AvgIpc) is 3.15. The fourth-order valence-corrected chi connectivity index (χ4v) is 4.55. The summed E-state index contributed by atoms with van der Waals surface area (Å²) in [6, 6.07) is 10.6. The number of hydrogen-bond acceptors (Lipinski definition) is 5. The zero-order chi connectivity index (χ0) is 23.6. The zero-order valence-electron chi connectivity index (χ0n) is 17.5. The molecular weight excluding hydrogens is 457 g/mol. The number of nitriles is 1. The molecule has 33 heavy (non-hydrogen) atoms. The molecule has 11 heteroatoms. The SMILES string of the molecule is N#CCC1(n2nc(Nc3ccc(Cl)cc3)c3c(=O)[nH]ccc32)CCC(NCC(F)(F)F)CC1. The normalized spacial score (nSPS) is 21.1. The van der Waals surface area contributed by atoms with E-state index < -0.39 is 18.3 Å². The quantitative estimate of drug-likeness (QED) is 0.471. The van der Waals surface area contributed by atoms with Crippen LogP contribution in [0.15, 0.2) is 41.3 Å². The van der Waals surface area contributed by atoms with Gasteiger partial charge in [-0.1, -0.05) is 11.6 Å². The van der Waals surface area contributed by atoms with Gasteiger partial charge in [0, 0.05) is 22.9 Å². The number of nitrogens with zero attached hydrogens (tertiary/aromatic N) is 3. The molecule has 2 heterocycles. The number of fused-ring (bicyclic) bond motifs is 1. The minimum absolute atomic E-state index is 0.128. The van der Waals surface area contributed by atoms with Crippen LogP contribution in [0.1, 0.15) is 32.1 Å². The number of H-pyrrole nitrogens is 1. The summed E-state index contributed by atoms with van der Waals surface area (Å²) >= 11 is 5.95. The molecule has 0 aliphatic heterocycles. The molecule has 0 bridgehead atoms. The second-order valence-corrected chi connectivity index (χ2v) is 8.73. The molecule has 1 aromatic carbocycles.